The van der Waals surface area contributed by atoms with Crippen molar-refractivity contribution in [1.29, 1.82) is 0 Å². The number of aryl methyl sites for hydroxylation is 1. The highest BCUT2D eigenvalue weighted by Crippen LogP contribution is 2.42. The Balaban J connectivity index is 0.000000191. The molecular formula is C47H52N10O7. The summed E-state index contributed by atoms with van der Waals surface area (Å²) in [5.74, 6) is 3.29. The molecule has 64 heavy (non-hydrogen) atoms. The Hall–Kier alpha value is -7.56. The molecule has 0 radical (unpaired) electrons. The lowest BCUT2D eigenvalue weighted by molar-refractivity contribution is -0.112. The number of hydrogen-bond acceptors (Lipinski definition) is 13. The number of aromatic amines is 2. The van der Waals surface area contributed by atoms with Crippen molar-refractivity contribution in [3.05, 3.63) is 125 Å². The molecule has 8 rings (SSSR count). The van der Waals surface area contributed by atoms with Crippen LogP contribution in [0.25, 0.3) is 12.2 Å². The van der Waals surface area contributed by atoms with Gasteiger partial charge in [-0.3, -0.25) is 9.59 Å². The van der Waals surface area contributed by atoms with Crippen molar-refractivity contribution < 1.29 is 33.3 Å². The van der Waals surface area contributed by atoms with Crippen LogP contribution in [0.2, 0.25) is 0 Å². The van der Waals surface area contributed by atoms with Gasteiger partial charge in [-0.15, -0.1) is 20.4 Å². The molecule has 0 aliphatic carbocycles. The summed E-state index contributed by atoms with van der Waals surface area (Å²) in [6.45, 7) is 5.71. The van der Waals surface area contributed by atoms with Gasteiger partial charge in [-0.05, 0) is 84.5 Å². The monoisotopic (exact) mass is 868 g/mol. The predicted molar refractivity (Wildman–Crippen MR) is 240 cm³/mol. The number of para-hydroxylation sites is 2. The van der Waals surface area contributed by atoms with Gasteiger partial charge < -0.3 is 34.3 Å². The number of aromatic nitrogens is 8. The topological polar surface area (TPSA) is 213 Å². The standard InChI is InChI=1S/C24H27N5O3.C23H25N5O4/c1-2-3-4-6-17-9-11-18(12-10-17)13-14-23(30)25-20-7-5-8-21-24(20)32-19(16-31-21)15-22-26-28-29-27-22;1-2-3-4-14-30-17-11-8-16(9-12-17)10-13-21(29)24-18-6-5-7-19-22(18)32-20(15-31-19)23-25-27-28-26-23/h5,7-14,19H,2-4,6,15-16H2,1H3,(H,25,30)(H,26,27,28,29);5-13,20H,2-4,14-15H2,1H3,(H,24,29)(H,25,26,27,28)/b14-13+;13-10+. The highest BCUT2D eigenvalue weighted by molar-refractivity contribution is 6.03. The Morgan fingerprint density at radius 1 is 0.703 bits per heavy atom. The summed E-state index contributed by atoms with van der Waals surface area (Å²) in [6, 6.07) is 26.7. The molecule has 2 aromatic heterocycles. The number of anilines is 2. The number of tetrazole rings is 2. The van der Waals surface area contributed by atoms with E-state index >= 15 is 0 Å². The number of amides is 2. The van der Waals surface area contributed by atoms with E-state index in [4.69, 9.17) is 23.7 Å². The molecule has 0 saturated carbocycles. The van der Waals surface area contributed by atoms with E-state index in [1.54, 1.807) is 36.4 Å². The van der Waals surface area contributed by atoms with Crippen LogP contribution < -0.4 is 34.3 Å². The number of hydrogen-bond donors (Lipinski definition) is 4. The molecule has 2 aliphatic rings. The molecule has 17 nitrogen and oxygen atoms in total. The summed E-state index contributed by atoms with van der Waals surface area (Å²) >= 11 is 0. The molecule has 332 valence electrons. The lowest BCUT2D eigenvalue weighted by Gasteiger charge is -2.27. The van der Waals surface area contributed by atoms with Crippen molar-refractivity contribution >= 4 is 35.3 Å². The minimum Gasteiger partial charge on any atom is -0.494 e. The van der Waals surface area contributed by atoms with Crippen molar-refractivity contribution in [2.24, 2.45) is 0 Å². The molecule has 17 heteroatoms. The molecule has 4 aromatic carbocycles. The number of carbonyl (C=O) groups is 2. The Bertz CT molecular complexity index is 2440. The molecule has 4 N–H and O–H groups in total. The predicted octanol–water partition coefficient (Wildman–Crippen LogP) is 7.90. The fourth-order valence-corrected chi connectivity index (χ4v) is 6.71. The number of carbonyl (C=O) groups excluding carboxylic acids is 2. The van der Waals surface area contributed by atoms with Crippen LogP contribution in [-0.2, 0) is 22.4 Å². The smallest absolute Gasteiger partial charge is 0.248 e. The molecule has 0 saturated heterocycles. The molecule has 4 heterocycles. The Labute approximate surface area is 371 Å². The maximum absolute atomic E-state index is 12.5. The zero-order valence-electron chi connectivity index (χ0n) is 35.9. The molecule has 6 aromatic rings. The molecule has 0 bridgehead atoms. The number of rotatable bonds is 18. The second kappa shape index (κ2) is 23.0. The number of nitrogens with zero attached hydrogens (tertiary/aromatic N) is 6. The quantitative estimate of drug-likeness (QED) is 0.0478. The van der Waals surface area contributed by atoms with E-state index < -0.39 is 6.10 Å². The molecule has 2 aliphatic heterocycles. The van der Waals surface area contributed by atoms with E-state index in [0.717, 1.165) is 36.1 Å². The third-order valence-corrected chi connectivity index (χ3v) is 10.1. The number of ether oxygens (including phenoxy) is 5. The van der Waals surface area contributed by atoms with Crippen LogP contribution in [0.15, 0.2) is 97.1 Å². The molecule has 0 spiro atoms. The second-order valence-corrected chi connectivity index (χ2v) is 15.0. The largest absolute Gasteiger partial charge is 0.494 e. The number of H-pyrrole nitrogens is 2. The van der Waals surface area contributed by atoms with Gasteiger partial charge in [0.15, 0.2) is 34.9 Å². The summed E-state index contributed by atoms with van der Waals surface area (Å²) in [6.07, 6.45) is 14.3. The molecule has 0 fully saturated rings. The number of benzene rings is 4. The van der Waals surface area contributed by atoms with Crippen molar-refractivity contribution in [2.75, 3.05) is 30.5 Å². The maximum atomic E-state index is 12.5. The molecule has 2 unspecified atom stereocenters. The lowest BCUT2D eigenvalue weighted by atomic mass is 10.1. The SMILES string of the molecule is CCCCCOc1ccc(/C=C/C(=O)Nc2cccc3c2OC(c2nn[nH]n2)CO3)cc1.CCCCCc1ccc(/C=C/C(=O)Nc2cccc3c2OC(Cc2nn[nH]n2)CO3)cc1. The third-order valence-electron chi connectivity index (χ3n) is 10.1. The number of fused-ring (bicyclic) bond motifs is 2. The first-order valence-corrected chi connectivity index (χ1v) is 21.5. The van der Waals surface area contributed by atoms with Crippen molar-refractivity contribution in [3.8, 4) is 28.7 Å². The van der Waals surface area contributed by atoms with Crippen molar-refractivity contribution in [1.82, 2.24) is 41.2 Å². The first kappa shape index (κ1) is 44.5. The van der Waals surface area contributed by atoms with Gasteiger partial charge in [-0.1, -0.05) is 98.5 Å². The van der Waals surface area contributed by atoms with Gasteiger partial charge in [0, 0.05) is 12.2 Å². The number of nitrogens with one attached hydrogen (secondary N) is 4. The Morgan fingerprint density at radius 2 is 1.31 bits per heavy atom. The zero-order valence-corrected chi connectivity index (χ0v) is 35.9. The van der Waals surface area contributed by atoms with E-state index in [1.165, 1.54) is 43.4 Å². The summed E-state index contributed by atoms with van der Waals surface area (Å²) in [4.78, 5) is 25.0. The highest BCUT2D eigenvalue weighted by atomic mass is 16.6. The van der Waals surface area contributed by atoms with Crippen LogP contribution >= 0.6 is 0 Å². The van der Waals surface area contributed by atoms with E-state index in [2.05, 4.69) is 77.9 Å². The lowest BCUT2D eigenvalue weighted by Crippen LogP contribution is -2.32. The first-order chi connectivity index (χ1) is 31.4. The fraction of sp³-hybridized carbons (Fsp3) is 0.319. The maximum Gasteiger partial charge on any atom is 0.248 e. The van der Waals surface area contributed by atoms with E-state index in [9.17, 15) is 9.59 Å². The number of unbranched alkanes of at least 4 members (excludes halogenated alkanes) is 4. The summed E-state index contributed by atoms with van der Waals surface area (Å²) in [5.41, 5.74) is 4.26. The van der Waals surface area contributed by atoms with Gasteiger partial charge in [-0.2, -0.15) is 10.4 Å². The Kier molecular flexibility index (Phi) is 16.0. The summed E-state index contributed by atoms with van der Waals surface area (Å²) in [7, 11) is 0. The van der Waals surface area contributed by atoms with Gasteiger partial charge in [0.2, 0.25) is 17.6 Å². The summed E-state index contributed by atoms with van der Waals surface area (Å²) < 4.78 is 29.3. The second-order valence-electron chi connectivity index (χ2n) is 15.0. The Morgan fingerprint density at radius 3 is 1.94 bits per heavy atom. The van der Waals surface area contributed by atoms with Crippen LogP contribution in [-0.4, -0.2) is 79.0 Å². The first-order valence-electron chi connectivity index (χ1n) is 21.5. The van der Waals surface area contributed by atoms with Crippen molar-refractivity contribution in [3.63, 3.8) is 0 Å². The zero-order chi connectivity index (χ0) is 44.4. The average Bonchev–Trinajstić information content (AvgIpc) is 4.06. The van der Waals surface area contributed by atoms with Crippen LogP contribution in [0.3, 0.4) is 0 Å². The van der Waals surface area contributed by atoms with Gasteiger partial charge in [0.05, 0.1) is 24.4 Å². The van der Waals surface area contributed by atoms with Gasteiger partial charge in [0.1, 0.15) is 25.1 Å². The minimum absolute atomic E-state index is 0.241. The van der Waals surface area contributed by atoms with E-state index in [0.29, 0.717) is 65.7 Å². The normalized spacial score (nSPS) is 15.0. The van der Waals surface area contributed by atoms with Crippen LogP contribution in [0.5, 0.6) is 28.7 Å². The van der Waals surface area contributed by atoms with E-state index in [1.807, 2.05) is 48.5 Å². The van der Waals surface area contributed by atoms with Gasteiger partial charge in [0.25, 0.3) is 0 Å². The fourth-order valence-electron chi connectivity index (χ4n) is 6.71. The molecule has 2 atom stereocenters. The average molecular weight is 869 g/mol. The van der Waals surface area contributed by atoms with Gasteiger partial charge >= 0.3 is 0 Å². The van der Waals surface area contributed by atoms with Crippen LogP contribution in [0.1, 0.15) is 86.8 Å². The molecular weight excluding hydrogens is 817 g/mol. The van der Waals surface area contributed by atoms with Crippen molar-refractivity contribution in [2.45, 2.75) is 77.4 Å². The van der Waals surface area contributed by atoms with Gasteiger partial charge in [-0.25, -0.2) is 0 Å². The molecule has 2 amide bonds. The van der Waals surface area contributed by atoms with Crippen LogP contribution in [0.4, 0.5) is 11.4 Å². The van der Waals surface area contributed by atoms with Crippen LogP contribution in [0, 0.1) is 0 Å². The summed E-state index contributed by atoms with van der Waals surface area (Å²) in [5, 5.41) is 33.4. The van der Waals surface area contributed by atoms with E-state index in [-0.39, 0.29) is 24.5 Å². The third kappa shape index (κ3) is 13.0. The highest BCUT2D eigenvalue weighted by Gasteiger charge is 2.28. The minimum atomic E-state index is -0.516.